The van der Waals surface area contributed by atoms with Gasteiger partial charge in [0.1, 0.15) is 6.61 Å². The number of ether oxygens (including phenoxy) is 14. The number of phosphoric ester groups is 1. The number of carbonyl (C=O) groups excluding carboxylic acids is 6. The SMILES string of the molecule is CCCCCCCCCCCCCCCCCC(=O)OC[C@H](COP(=O)(O)OCCNC(=O)CCOCCOCCOCCOCCOCCOCCOCCOCCOCCOCCOCCOCCNC(=O)CCN1C(=O)C=CC1=O)OC(=O)CCCCCCCCCCCCCCCCC. The third-order valence-corrected chi connectivity index (χ3v) is 17.4. The summed E-state index contributed by atoms with van der Waals surface area (Å²) in [6, 6.07) is 0. The molecule has 1 aliphatic heterocycles. The molecule has 1 unspecified atom stereocenters. The van der Waals surface area contributed by atoms with E-state index in [1.807, 2.05) is 0 Å². The molecule has 28 heteroatoms. The van der Waals surface area contributed by atoms with Crippen LogP contribution in [0.1, 0.15) is 232 Å². The first-order valence-electron chi connectivity index (χ1n) is 39.4. The van der Waals surface area contributed by atoms with Crippen LogP contribution in [-0.2, 0) is 109 Å². The predicted molar refractivity (Wildman–Crippen MR) is 393 cm³/mol. The van der Waals surface area contributed by atoms with Gasteiger partial charge < -0.3 is 81.8 Å². The summed E-state index contributed by atoms with van der Waals surface area (Å²) in [7, 11) is -4.63. The molecule has 4 amide bonds. The molecule has 0 aliphatic carbocycles. The first kappa shape index (κ1) is 97.4. The first-order chi connectivity index (χ1) is 50.5. The molecular formula is C75H140N3O24P. The van der Waals surface area contributed by atoms with E-state index in [4.69, 9.17) is 75.4 Å². The van der Waals surface area contributed by atoms with Crippen molar-refractivity contribution in [2.45, 2.75) is 238 Å². The molecular weight excluding hydrogens is 1360 g/mol. The minimum atomic E-state index is -4.63. The molecule has 0 aromatic carbocycles. The number of hydrogen-bond donors (Lipinski definition) is 3. The Kier molecular flexibility index (Phi) is 72.4. The Morgan fingerprint density at radius 1 is 0.350 bits per heavy atom. The molecule has 0 fully saturated rings. The van der Waals surface area contributed by atoms with E-state index >= 15 is 0 Å². The molecule has 2 atom stereocenters. The molecule has 1 aliphatic rings. The minimum absolute atomic E-state index is 0.0378. The van der Waals surface area contributed by atoms with Gasteiger partial charge in [-0.05, 0) is 12.8 Å². The number of esters is 2. The van der Waals surface area contributed by atoms with Crippen molar-refractivity contribution in [2.24, 2.45) is 0 Å². The molecule has 0 saturated carbocycles. The van der Waals surface area contributed by atoms with Crippen molar-refractivity contribution in [3.8, 4) is 0 Å². The highest BCUT2D eigenvalue weighted by atomic mass is 31.2. The van der Waals surface area contributed by atoms with E-state index in [1.165, 1.54) is 153 Å². The van der Waals surface area contributed by atoms with Crippen LogP contribution < -0.4 is 10.6 Å². The molecule has 0 radical (unpaired) electrons. The van der Waals surface area contributed by atoms with Crippen molar-refractivity contribution in [1.29, 1.82) is 0 Å². The predicted octanol–water partition coefficient (Wildman–Crippen LogP) is 11.2. The van der Waals surface area contributed by atoms with Gasteiger partial charge in [0, 0.05) is 57.5 Å². The zero-order valence-electron chi connectivity index (χ0n) is 63.7. The van der Waals surface area contributed by atoms with Gasteiger partial charge in [0.15, 0.2) is 6.10 Å². The zero-order valence-corrected chi connectivity index (χ0v) is 64.6. The topological polar surface area (TPSA) is 315 Å². The van der Waals surface area contributed by atoms with Crippen LogP contribution in [0.5, 0.6) is 0 Å². The smallest absolute Gasteiger partial charge is 0.462 e. The summed E-state index contributed by atoms with van der Waals surface area (Å²) in [6.45, 7) is 13.1. The number of hydrogen-bond acceptors (Lipinski definition) is 23. The molecule has 0 aromatic heterocycles. The van der Waals surface area contributed by atoms with Crippen molar-refractivity contribution in [1.82, 2.24) is 15.5 Å². The van der Waals surface area contributed by atoms with Gasteiger partial charge in [0.2, 0.25) is 11.8 Å². The summed E-state index contributed by atoms with van der Waals surface area (Å²) < 4.78 is 100. The van der Waals surface area contributed by atoms with Gasteiger partial charge in [0.05, 0.1) is 172 Å². The lowest BCUT2D eigenvalue weighted by atomic mass is 10.0. The van der Waals surface area contributed by atoms with E-state index in [1.54, 1.807) is 0 Å². The molecule has 604 valence electrons. The average molecular weight is 1500 g/mol. The Bertz CT molecular complexity index is 2030. The van der Waals surface area contributed by atoms with Crippen LogP contribution in [0.4, 0.5) is 0 Å². The number of unbranched alkanes of at least 4 members (excludes halogenated alkanes) is 28. The van der Waals surface area contributed by atoms with Crippen molar-refractivity contribution in [3.63, 3.8) is 0 Å². The summed E-state index contributed by atoms with van der Waals surface area (Å²) in [5, 5.41) is 5.29. The van der Waals surface area contributed by atoms with Crippen LogP contribution in [0.3, 0.4) is 0 Å². The molecule has 1 rings (SSSR count). The number of amides is 4. The molecule has 3 N–H and O–H groups in total. The first-order valence-corrected chi connectivity index (χ1v) is 40.9. The number of nitrogens with zero attached hydrogens (tertiary/aromatic N) is 1. The maximum Gasteiger partial charge on any atom is 0.472 e. The summed E-state index contributed by atoms with van der Waals surface area (Å²) >= 11 is 0. The van der Waals surface area contributed by atoms with Gasteiger partial charge in [-0.3, -0.25) is 42.7 Å². The van der Waals surface area contributed by atoms with E-state index < -0.39 is 44.3 Å². The maximum absolute atomic E-state index is 12.9. The van der Waals surface area contributed by atoms with Crippen LogP contribution in [0.2, 0.25) is 0 Å². The molecule has 0 saturated heterocycles. The Balaban J connectivity index is 2.00. The summed E-state index contributed by atoms with van der Waals surface area (Å²) in [4.78, 5) is 84.4. The molecule has 0 spiro atoms. The summed E-state index contributed by atoms with van der Waals surface area (Å²) in [5.41, 5.74) is 0. The van der Waals surface area contributed by atoms with Gasteiger partial charge in [-0.15, -0.1) is 0 Å². The van der Waals surface area contributed by atoms with E-state index in [2.05, 4.69) is 24.5 Å². The second-order valence-corrected chi connectivity index (χ2v) is 27.0. The lowest BCUT2D eigenvalue weighted by Gasteiger charge is -2.20. The fourth-order valence-corrected chi connectivity index (χ4v) is 11.2. The quantitative estimate of drug-likeness (QED) is 0.0220. The van der Waals surface area contributed by atoms with Crippen LogP contribution in [0, 0.1) is 0 Å². The Hall–Kier alpha value is -3.61. The normalized spacial score (nSPS) is 13.1. The molecule has 1 heterocycles. The fourth-order valence-electron chi connectivity index (χ4n) is 10.5. The third-order valence-electron chi connectivity index (χ3n) is 16.4. The van der Waals surface area contributed by atoms with Crippen molar-refractivity contribution < 1.29 is 114 Å². The van der Waals surface area contributed by atoms with Crippen LogP contribution in [0.15, 0.2) is 12.2 Å². The number of carbonyl (C=O) groups is 6. The Morgan fingerprint density at radius 2 is 0.631 bits per heavy atom. The maximum atomic E-state index is 12.9. The van der Waals surface area contributed by atoms with E-state index in [0.29, 0.717) is 165 Å². The van der Waals surface area contributed by atoms with Gasteiger partial charge in [-0.2, -0.15) is 0 Å². The second-order valence-electron chi connectivity index (χ2n) is 25.5. The number of imide groups is 1. The zero-order chi connectivity index (χ0) is 74.5. The van der Waals surface area contributed by atoms with Gasteiger partial charge in [-0.1, -0.05) is 194 Å². The monoisotopic (exact) mass is 1500 g/mol. The van der Waals surface area contributed by atoms with Gasteiger partial charge in [-0.25, -0.2) is 4.57 Å². The molecule has 27 nitrogen and oxygen atoms in total. The van der Waals surface area contributed by atoms with Gasteiger partial charge >= 0.3 is 19.8 Å². The highest BCUT2D eigenvalue weighted by molar-refractivity contribution is 7.47. The van der Waals surface area contributed by atoms with Crippen LogP contribution in [0.25, 0.3) is 0 Å². The van der Waals surface area contributed by atoms with Crippen molar-refractivity contribution in [2.75, 3.05) is 198 Å². The minimum Gasteiger partial charge on any atom is -0.462 e. The highest BCUT2D eigenvalue weighted by Gasteiger charge is 2.27. The molecule has 103 heavy (non-hydrogen) atoms. The van der Waals surface area contributed by atoms with Crippen molar-refractivity contribution >= 4 is 43.4 Å². The Morgan fingerprint density at radius 3 is 0.971 bits per heavy atom. The van der Waals surface area contributed by atoms with Crippen LogP contribution >= 0.6 is 7.82 Å². The number of rotatable bonds is 84. The van der Waals surface area contributed by atoms with Gasteiger partial charge in [0.25, 0.3) is 11.8 Å². The average Bonchev–Trinajstić information content (AvgIpc) is 1.76. The Labute approximate surface area is 618 Å². The molecule has 0 aromatic rings. The highest BCUT2D eigenvalue weighted by Crippen LogP contribution is 2.43. The van der Waals surface area contributed by atoms with E-state index in [0.717, 1.165) is 43.4 Å². The lowest BCUT2D eigenvalue weighted by molar-refractivity contribution is -0.161. The van der Waals surface area contributed by atoms with E-state index in [9.17, 15) is 38.2 Å². The molecule has 0 bridgehead atoms. The number of phosphoric acid groups is 1. The largest absolute Gasteiger partial charge is 0.472 e. The summed E-state index contributed by atoms with van der Waals surface area (Å²) in [6.07, 6.45) is 38.2. The van der Waals surface area contributed by atoms with Crippen LogP contribution in [-0.4, -0.2) is 249 Å². The van der Waals surface area contributed by atoms with Crippen molar-refractivity contribution in [3.05, 3.63) is 12.2 Å². The second kappa shape index (κ2) is 76.6. The lowest BCUT2D eigenvalue weighted by Crippen LogP contribution is -2.35. The number of nitrogens with one attached hydrogen (secondary N) is 2. The fraction of sp³-hybridized carbons (Fsp3) is 0.893. The third kappa shape index (κ3) is 71.1. The standard InChI is InChI=1S/C75H140N3O24P/c1-3-5-7-9-11-13-15-17-19-21-23-25-27-29-31-33-74(83)99-67-69(102-75(84)34-32-30-28-26-24-22-20-18-16-14-12-10-8-6-4-2)68-101-103(85,86)100-44-40-77-71(80)38-42-87-45-47-89-49-51-91-53-55-93-57-59-95-61-63-97-65-66-98-64-62-96-60-58-94-56-54-92-52-50-90-48-46-88-43-39-76-70(79)37-41-78-72(81)35-36-73(78)82/h35-36,69H,3-34,37-68H2,1-2H3,(H,76,79)(H,77,80)(H,85,86)/t69-/m1/s1. The summed E-state index contributed by atoms with van der Waals surface area (Å²) in [5.74, 6) is -2.34. The van der Waals surface area contributed by atoms with E-state index in [-0.39, 0.29) is 77.0 Å².